The number of nitrogens with zero attached hydrogens (tertiary/aromatic N) is 1. The van der Waals surface area contributed by atoms with E-state index in [0.717, 1.165) is 20.2 Å². The minimum absolute atomic E-state index is 0.0524. The molecule has 5 aromatic rings. The predicted octanol–water partition coefficient (Wildman–Crippen LogP) is 6.86. The Labute approximate surface area is 305 Å². The molecule has 274 valence electrons. The van der Waals surface area contributed by atoms with Gasteiger partial charge in [0, 0.05) is 52.9 Å². The van der Waals surface area contributed by atoms with Crippen LogP contribution in [-0.4, -0.2) is 79.3 Å². The van der Waals surface area contributed by atoms with E-state index in [1.54, 1.807) is 54.6 Å². The van der Waals surface area contributed by atoms with Gasteiger partial charge in [0.05, 0.1) is 50.0 Å². The number of Topliss-reactive ketones (excluding diaryl/α,β-unsaturated/α-hetero) is 2. The summed E-state index contributed by atoms with van der Waals surface area (Å²) in [7, 11) is 3.01. The maximum atomic E-state index is 12.4. The third-order valence-electron chi connectivity index (χ3n) is 7.35. The first kappa shape index (κ1) is 37.8. The molecule has 16 heteroatoms. The van der Waals surface area contributed by atoms with Crippen LogP contribution in [0, 0.1) is 0 Å². The number of carbonyl (C=O) groups excluding carboxylic acids is 2. The number of hydrogen-bond acceptors (Lipinski definition) is 14. The molecule has 0 aliphatic rings. The summed E-state index contributed by atoms with van der Waals surface area (Å²) in [6.45, 7) is 0.799. The third-order valence-corrected chi connectivity index (χ3v) is 9.62. The van der Waals surface area contributed by atoms with Crippen LogP contribution in [-0.2, 0) is 14.5 Å². The molecule has 3 aromatic heterocycles. The lowest BCUT2D eigenvalue weighted by Crippen LogP contribution is -2.10. The highest BCUT2D eigenvalue weighted by Crippen LogP contribution is 2.38. The topological polar surface area (TPSA) is 186 Å². The normalized spacial score (nSPS) is 11.0. The average Bonchev–Trinajstić information content (AvgIpc) is 3.75. The first-order valence-corrected chi connectivity index (χ1v) is 17.6. The van der Waals surface area contributed by atoms with Gasteiger partial charge in [-0.3, -0.25) is 19.2 Å². The van der Waals surface area contributed by atoms with E-state index in [-0.39, 0.29) is 50.5 Å². The van der Waals surface area contributed by atoms with Crippen molar-refractivity contribution >= 4 is 66.4 Å². The second-order valence-electron chi connectivity index (χ2n) is 11.1. The van der Waals surface area contributed by atoms with Gasteiger partial charge in [0.25, 0.3) is 0 Å². The summed E-state index contributed by atoms with van der Waals surface area (Å²) < 4.78 is 29.9. The molecule has 0 fully saturated rings. The van der Waals surface area contributed by atoms with E-state index in [1.807, 2.05) is 0 Å². The van der Waals surface area contributed by atoms with Crippen molar-refractivity contribution in [3.63, 3.8) is 0 Å². The second kappa shape index (κ2) is 18.2. The predicted molar refractivity (Wildman–Crippen MR) is 191 cm³/mol. The van der Waals surface area contributed by atoms with Crippen LogP contribution in [0.15, 0.2) is 54.6 Å². The average molecular weight is 754 g/mol. The minimum atomic E-state index is -1.03. The molecule has 0 aliphatic carbocycles. The molecule has 0 aliphatic heterocycles. The van der Waals surface area contributed by atoms with Gasteiger partial charge in [-0.15, -0.1) is 22.7 Å². The molecule has 52 heavy (non-hydrogen) atoms. The van der Waals surface area contributed by atoms with Crippen LogP contribution < -0.4 is 28.6 Å². The SMILES string of the molecule is COc1cc2sc(C(=O)CCC(=O)O)cc2cc1OCCCOc1cccc(OCCOOc2cc3cc(C(=O)CCC(=O)O)sc3cc2OC)n1. The largest absolute Gasteiger partial charge is 0.493 e. The van der Waals surface area contributed by atoms with Crippen molar-refractivity contribution in [2.75, 3.05) is 40.6 Å². The van der Waals surface area contributed by atoms with E-state index in [9.17, 15) is 19.2 Å². The lowest BCUT2D eigenvalue weighted by molar-refractivity contribution is -0.211. The number of rotatable bonds is 22. The number of thiophene rings is 2. The Morgan fingerprint density at radius 2 is 1.13 bits per heavy atom. The Balaban J connectivity index is 1.04. The number of aliphatic carboxylic acids is 2. The van der Waals surface area contributed by atoms with Gasteiger partial charge in [-0.2, -0.15) is 9.87 Å². The van der Waals surface area contributed by atoms with Crippen molar-refractivity contribution in [2.24, 2.45) is 0 Å². The van der Waals surface area contributed by atoms with Gasteiger partial charge in [0.1, 0.15) is 13.2 Å². The molecule has 2 aromatic carbocycles. The Morgan fingerprint density at radius 1 is 0.615 bits per heavy atom. The molecule has 2 N–H and O–H groups in total. The highest BCUT2D eigenvalue weighted by molar-refractivity contribution is 7.21. The van der Waals surface area contributed by atoms with E-state index in [2.05, 4.69) is 4.98 Å². The number of carboxylic acids is 2. The molecule has 0 amide bonds. The van der Waals surface area contributed by atoms with Crippen molar-refractivity contribution < 1.29 is 62.9 Å². The molecule has 0 radical (unpaired) electrons. The van der Waals surface area contributed by atoms with E-state index in [1.165, 1.54) is 36.9 Å². The zero-order chi connectivity index (χ0) is 37.0. The van der Waals surface area contributed by atoms with Gasteiger partial charge in [-0.1, -0.05) is 6.07 Å². The lowest BCUT2D eigenvalue weighted by Gasteiger charge is -2.12. The molecular weight excluding hydrogens is 719 g/mol. The number of carbonyl (C=O) groups is 4. The summed E-state index contributed by atoms with van der Waals surface area (Å²) in [6, 6.07) is 15.5. The van der Waals surface area contributed by atoms with Gasteiger partial charge in [0.15, 0.2) is 28.8 Å². The van der Waals surface area contributed by atoms with Crippen LogP contribution in [0.5, 0.6) is 34.8 Å². The molecule has 14 nitrogen and oxygen atoms in total. The zero-order valence-electron chi connectivity index (χ0n) is 28.2. The maximum absolute atomic E-state index is 12.4. The summed E-state index contributed by atoms with van der Waals surface area (Å²) in [4.78, 5) is 62.5. The first-order chi connectivity index (χ1) is 25.1. The lowest BCUT2D eigenvalue weighted by atomic mass is 10.1. The highest BCUT2D eigenvalue weighted by atomic mass is 32.1. The van der Waals surface area contributed by atoms with Crippen LogP contribution in [0.4, 0.5) is 0 Å². The van der Waals surface area contributed by atoms with Crippen LogP contribution in [0.25, 0.3) is 20.2 Å². The number of benzene rings is 2. The first-order valence-electron chi connectivity index (χ1n) is 16.0. The summed E-state index contributed by atoms with van der Waals surface area (Å²) in [5, 5.41) is 19.2. The summed E-state index contributed by atoms with van der Waals surface area (Å²) in [6.07, 6.45) is -0.0570. The van der Waals surface area contributed by atoms with E-state index in [4.69, 9.17) is 43.7 Å². The number of ether oxygens (including phenoxy) is 5. The van der Waals surface area contributed by atoms with E-state index >= 15 is 0 Å². The van der Waals surface area contributed by atoms with Crippen molar-refractivity contribution in [3.8, 4) is 34.8 Å². The van der Waals surface area contributed by atoms with E-state index in [0.29, 0.717) is 64.1 Å². The van der Waals surface area contributed by atoms with Gasteiger partial charge in [-0.05, 0) is 35.0 Å². The van der Waals surface area contributed by atoms with Crippen LogP contribution in [0.3, 0.4) is 0 Å². The van der Waals surface area contributed by atoms with Crippen LogP contribution in [0.1, 0.15) is 51.4 Å². The molecule has 0 spiro atoms. The summed E-state index contributed by atoms with van der Waals surface area (Å²) >= 11 is 2.53. The highest BCUT2D eigenvalue weighted by Gasteiger charge is 2.17. The number of aromatic nitrogens is 1. The number of hydrogen-bond donors (Lipinski definition) is 2. The fourth-order valence-corrected chi connectivity index (χ4v) is 6.89. The van der Waals surface area contributed by atoms with E-state index < -0.39 is 11.9 Å². The number of ketones is 2. The van der Waals surface area contributed by atoms with Crippen molar-refractivity contribution in [1.29, 1.82) is 0 Å². The Bertz CT molecular complexity index is 1910. The monoisotopic (exact) mass is 753 g/mol. The quantitative estimate of drug-likeness (QED) is 0.0323. The summed E-state index contributed by atoms with van der Waals surface area (Å²) in [5.41, 5.74) is 0. The smallest absolute Gasteiger partial charge is 0.303 e. The van der Waals surface area contributed by atoms with Crippen molar-refractivity contribution in [2.45, 2.75) is 32.1 Å². The number of methoxy groups -OCH3 is 2. The fourth-order valence-electron chi connectivity index (χ4n) is 4.81. The Morgan fingerprint density at radius 3 is 1.69 bits per heavy atom. The van der Waals surface area contributed by atoms with Gasteiger partial charge in [-0.25, -0.2) is 0 Å². The Hall–Kier alpha value is -5.45. The number of pyridine rings is 1. The van der Waals surface area contributed by atoms with Crippen molar-refractivity contribution in [3.05, 3.63) is 64.4 Å². The van der Waals surface area contributed by atoms with Crippen LogP contribution >= 0.6 is 22.7 Å². The zero-order valence-corrected chi connectivity index (χ0v) is 29.8. The number of fused-ring (bicyclic) bond motifs is 2. The van der Waals surface area contributed by atoms with Crippen molar-refractivity contribution in [1.82, 2.24) is 4.98 Å². The van der Waals surface area contributed by atoms with Gasteiger partial charge >= 0.3 is 11.9 Å². The van der Waals surface area contributed by atoms with Crippen LogP contribution in [0.2, 0.25) is 0 Å². The molecule has 3 heterocycles. The molecular formula is C36H35NO13S2. The maximum Gasteiger partial charge on any atom is 0.303 e. The standard InChI is InChI=1S/C36H35NO13S2/c1-44-25-19-29-21(17-31(51-29)23(38)7-9-35(40)41)15-27(25)46-11-4-12-47-33-5-3-6-34(37-33)48-13-14-49-50-28-16-22-18-32(24(39)8-10-36(42)43)52-30(22)20-26(28)45-2/h3,5-6,15-20H,4,7-14H2,1-2H3,(H,40,41)(H,42,43). The fraction of sp³-hybridized carbons (Fsp3) is 0.306. The third kappa shape index (κ3) is 10.3. The summed E-state index contributed by atoms with van der Waals surface area (Å²) in [5.74, 6) is -0.0924. The number of carboxylic acid groups (broad SMARTS) is 2. The Kier molecular flexibility index (Phi) is 13.2. The molecule has 0 atom stereocenters. The molecule has 0 saturated carbocycles. The molecule has 0 saturated heterocycles. The molecule has 0 unspecified atom stereocenters. The minimum Gasteiger partial charge on any atom is -0.493 e. The molecule has 0 bridgehead atoms. The van der Waals surface area contributed by atoms with Gasteiger partial charge < -0.3 is 38.8 Å². The molecule has 5 rings (SSSR count). The second-order valence-corrected chi connectivity index (χ2v) is 13.2. The van der Waals surface area contributed by atoms with Gasteiger partial charge in [0.2, 0.25) is 17.5 Å².